The zero-order valence-electron chi connectivity index (χ0n) is 9.97. The van der Waals surface area contributed by atoms with Gasteiger partial charge in [-0.25, -0.2) is 13.2 Å². The van der Waals surface area contributed by atoms with E-state index in [9.17, 15) is 18.0 Å². The highest BCUT2D eigenvalue weighted by molar-refractivity contribution is 5.94. The smallest absolute Gasteiger partial charge is 0.257 e. The fourth-order valence-electron chi connectivity index (χ4n) is 1.55. The summed E-state index contributed by atoms with van der Waals surface area (Å²) in [5.41, 5.74) is 4.54. The Morgan fingerprint density at radius 3 is 2.39 bits per heavy atom. The molecule has 0 aromatic heterocycles. The quantitative estimate of drug-likeness (QED) is 0.850. The van der Waals surface area contributed by atoms with E-state index in [1.54, 1.807) is 6.92 Å². The molecule has 1 rings (SSSR count). The second-order valence-electron chi connectivity index (χ2n) is 4.05. The average molecular weight is 260 g/mol. The molecule has 0 spiro atoms. The van der Waals surface area contributed by atoms with Crippen LogP contribution in [0.4, 0.5) is 13.2 Å². The van der Waals surface area contributed by atoms with Gasteiger partial charge in [-0.1, -0.05) is 0 Å². The Kier molecular flexibility index (Phi) is 5.15. The fraction of sp³-hybridized carbons (Fsp3) is 0.417. The number of nitrogens with two attached hydrogens (primary N) is 1. The number of nitrogens with one attached hydrogen (secondary N) is 1. The number of halogens is 3. The van der Waals surface area contributed by atoms with Crippen LogP contribution in [0.15, 0.2) is 12.1 Å². The fourth-order valence-corrected chi connectivity index (χ4v) is 1.55. The van der Waals surface area contributed by atoms with Gasteiger partial charge in [-0.05, 0) is 26.3 Å². The zero-order chi connectivity index (χ0) is 13.7. The number of carbonyl (C=O) groups excluding carboxylic acids is 1. The average Bonchev–Trinajstić information content (AvgIpc) is 2.24. The van der Waals surface area contributed by atoms with E-state index in [2.05, 4.69) is 5.32 Å². The first kappa shape index (κ1) is 14.5. The van der Waals surface area contributed by atoms with Crippen LogP contribution in [0, 0.1) is 17.5 Å². The topological polar surface area (TPSA) is 55.1 Å². The highest BCUT2D eigenvalue weighted by Gasteiger charge is 2.20. The number of carbonyl (C=O) groups is 1. The molecule has 1 atom stereocenters. The van der Waals surface area contributed by atoms with Gasteiger partial charge in [0.1, 0.15) is 23.0 Å². The normalized spacial score (nSPS) is 12.3. The second-order valence-corrected chi connectivity index (χ2v) is 4.05. The first-order chi connectivity index (χ1) is 8.45. The number of rotatable bonds is 5. The van der Waals surface area contributed by atoms with Crippen molar-refractivity contribution in [3.8, 4) is 0 Å². The summed E-state index contributed by atoms with van der Waals surface area (Å²) in [4.78, 5) is 11.6. The summed E-state index contributed by atoms with van der Waals surface area (Å²) in [5, 5.41) is 2.44. The van der Waals surface area contributed by atoms with Gasteiger partial charge in [0.2, 0.25) is 0 Å². The van der Waals surface area contributed by atoms with Gasteiger partial charge in [-0.3, -0.25) is 4.79 Å². The van der Waals surface area contributed by atoms with Crippen LogP contribution in [0.25, 0.3) is 0 Å². The molecule has 1 aromatic carbocycles. The van der Waals surface area contributed by atoms with Crippen LogP contribution in [-0.2, 0) is 0 Å². The molecule has 3 nitrogen and oxygen atoms in total. The predicted molar refractivity (Wildman–Crippen MR) is 61.5 cm³/mol. The van der Waals surface area contributed by atoms with Gasteiger partial charge in [-0.2, -0.15) is 0 Å². The Morgan fingerprint density at radius 1 is 1.33 bits per heavy atom. The first-order valence-electron chi connectivity index (χ1n) is 5.61. The molecule has 0 saturated heterocycles. The van der Waals surface area contributed by atoms with Crippen LogP contribution in [0.5, 0.6) is 0 Å². The number of hydrogen-bond acceptors (Lipinski definition) is 2. The summed E-state index contributed by atoms with van der Waals surface area (Å²) in [6.07, 6.45) is 1.29. The van der Waals surface area contributed by atoms with E-state index in [0.717, 1.165) is 0 Å². The summed E-state index contributed by atoms with van der Waals surface area (Å²) in [6.45, 7) is 2.17. The third-order valence-corrected chi connectivity index (χ3v) is 2.45. The summed E-state index contributed by atoms with van der Waals surface area (Å²) >= 11 is 0. The molecule has 0 heterocycles. The van der Waals surface area contributed by atoms with Gasteiger partial charge in [0.25, 0.3) is 5.91 Å². The Hall–Kier alpha value is -1.56. The SMILES string of the molecule is CC(CCCN)NC(=O)c1c(F)cc(F)cc1F. The maximum atomic E-state index is 13.3. The molecule has 0 saturated carbocycles. The molecule has 0 radical (unpaired) electrons. The van der Waals surface area contributed by atoms with Gasteiger partial charge in [0.05, 0.1) is 0 Å². The van der Waals surface area contributed by atoms with Crippen molar-refractivity contribution >= 4 is 5.91 Å². The highest BCUT2D eigenvalue weighted by atomic mass is 19.1. The van der Waals surface area contributed by atoms with E-state index in [1.165, 1.54) is 0 Å². The molecule has 6 heteroatoms. The predicted octanol–water partition coefficient (Wildman–Crippen LogP) is 1.96. The largest absolute Gasteiger partial charge is 0.349 e. The van der Waals surface area contributed by atoms with Gasteiger partial charge in [0, 0.05) is 18.2 Å². The van der Waals surface area contributed by atoms with E-state index in [4.69, 9.17) is 5.73 Å². The second kappa shape index (κ2) is 6.39. The minimum Gasteiger partial charge on any atom is -0.349 e. The van der Waals surface area contributed by atoms with E-state index < -0.39 is 28.9 Å². The number of hydrogen-bond donors (Lipinski definition) is 2. The minimum absolute atomic E-state index is 0.259. The zero-order valence-corrected chi connectivity index (χ0v) is 9.97. The molecule has 1 aromatic rings. The Balaban J connectivity index is 2.78. The lowest BCUT2D eigenvalue weighted by molar-refractivity contribution is 0.0929. The van der Waals surface area contributed by atoms with Crippen LogP contribution >= 0.6 is 0 Å². The molecule has 0 bridgehead atoms. The van der Waals surface area contributed by atoms with Crippen molar-refractivity contribution in [2.75, 3.05) is 6.54 Å². The molecule has 1 unspecified atom stereocenters. The molecule has 0 aliphatic rings. The maximum Gasteiger partial charge on any atom is 0.257 e. The van der Waals surface area contributed by atoms with Crippen molar-refractivity contribution in [2.24, 2.45) is 5.73 Å². The van der Waals surface area contributed by atoms with Crippen LogP contribution in [0.3, 0.4) is 0 Å². The van der Waals surface area contributed by atoms with Gasteiger partial charge in [-0.15, -0.1) is 0 Å². The Labute approximate surface area is 103 Å². The van der Waals surface area contributed by atoms with Gasteiger partial charge >= 0.3 is 0 Å². The number of amides is 1. The Morgan fingerprint density at radius 2 is 1.89 bits per heavy atom. The lowest BCUT2D eigenvalue weighted by Crippen LogP contribution is -2.34. The van der Waals surface area contributed by atoms with Crippen LogP contribution < -0.4 is 11.1 Å². The third kappa shape index (κ3) is 3.73. The molecular weight excluding hydrogens is 245 g/mol. The summed E-state index contributed by atoms with van der Waals surface area (Å²) in [7, 11) is 0. The highest BCUT2D eigenvalue weighted by Crippen LogP contribution is 2.15. The van der Waals surface area contributed by atoms with E-state index >= 15 is 0 Å². The Bertz CT molecular complexity index is 414. The van der Waals surface area contributed by atoms with Gasteiger partial charge in [0.15, 0.2) is 0 Å². The van der Waals surface area contributed by atoms with Gasteiger partial charge < -0.3 is 11.1 Å². The van der Waals surface area contributed by atoms with Crippen LogP contribution in [0.2, 0.25) is 0 Å². The summed E-state index contributed by atoms with van der Waals surface area (Å²) in [5.74, 6) is -4.38. The van der Waals surface area contributed by atoms with Crippen LogP contribution in [0.1, 0.15) is 30.1 Å². The van der Waals surface area contributed by atoms with E-state index in [1.807, 2.05) is 0 Å². The molecule has 18 heavy (non-hydrogen) atoms. The van der Waals surface area contributed by atoms with Crippen molar-refractivity contribution in [3.63, 3.8) is 0 Å². The monoisotopic (exact) mass is 260 g/mol. The molecule has 1 amide bonds. The van der Waals surface area contributed by atoms with E-state index in [-0.39, 0.29) is 6.04 Å². The third-order valence-electron chi connectivity index (χ3n) is 2.45. The van der Waals surface area contributed by atoms with Crippen molar-refractivity contribution in [1.82, 2.24) is 5.32 Å². The first-order valence-corrected chi connectivity index (χ1v) is 5.61. The summed E-state index contributed by atoms with van der Waals surface area (Å²) in [6, 6.07) is 0.690. The molecule has 0 fully saturated rings. The van der Waals surface area contributed by atoms with Crippen molar-refractivity contribution in [1.29, 1.82) is 0 Å². The maximum absolute atomic E-state index is 13.3. The van der Waals surface area contributed by atoms with Crippen molar-refractivity contribution in [2.45, 2.75) is 25.8 Å². The molecule has 3 N–H and O–H groups in total. The van der Waals surface area contributed by atoms with E-state index in [0.29, 0.717) is 31.5 Å². The van der Waals surface area contributed by atoms with Crippen LogP contribution in [-0.4, -0.2) is 18.5 Å². The van der Waals surface area contributed by atoms with Crippen molar-refractivity contribution in [3.05, 3.63) is 35.1 Å². The number of benzene rings is 1. The molecule has 0 aliphatic carbocycles. The molecule has 0 aliphatic heterocycles. The molecular formula is C12H15F3N2O. The lowest BCUT2D eigenvalue weighted by atomic mass is 10.1. The molecule has 100 valence electrons. The standard InChI is InChI=1S/C12H15F3N2O/c1-7(3-2-4-16)17-12(18)11-9(14)5-8(13)6-10(11)15/h5-7H,2-4,16H2,1H3,(H,17,18). The summed E-state index contributed by atoms with van der Waals surface area (Å²) < 4.78 is 39.3. The minimum atomic E-state index is -1.21. The lowest BCUT2D eigenvalue weighted by Gasteiger charge is -2.14. The van der Waals surface area contributed by atoms with Crippen molar-refractivity contribution < 1.29 is 18.0 Å².